The topological polar surface area (TPSA) is 77.2 Å². The number of thioether (sulfide) groups is 1. The van der Waals surface area contributed by atoms with Gasteiger partial charge in [0.2, 0.25) is 11.8 Å². The van der Waals surface area contributed by atoms with Crippen LogP contribution in [0.2, 0.25) is 0 Å². The van der Waals surface area contributed by atoms with Gasteiger partial charge in [-0.2, -0.15) is 0 Å². The normalized spacial score (nSPS) is 12.2. The van der Waals surface area contributed by atoms with E-state index in [-0.39, 0.29) is 17.7 Å². The average molecular weight is 349 g/mol. The molecule has 0 fully saturated rings. The summed E-state index contributed by atoms with van der Waals surface area (Å²) in [6.07, 6.45) is 0. The van der Waals surface area contributed by atoms with Crippen molar-refractivity contribution in [2.75, 3.05) is 12.4 Å². The van der Waals surface area contributed by atoms with Gasteiger partial charge < -0.3 is 14.5 Å². The van der Waals surface area contributed by atoms with E-state index in [0.29, 0.717) is 23.6 Å². The molecule has 1 heterocycles. The predicted octanol–water partition coefficient (Wildman–Crippen LogP) is 3.39. The molecular formula is C17H23N3O3S. The van der Waals surface area contributed by atoms with Crippen LogP contribution in [0.5, 0.6) is 5.75 Å². The first-order valence-electron chi connectivity index (χ1n) is 7.98. The smallest absolute Gasteiger partial charge is 0.277 e. The molecule has 0 unspecified atom stereocenters. The molecular weight excluding hydrogens is 326 g/mol. The number of rotatable bonds is 8. The van der Waals surface area contributed by atoms with Gasteiger partial charge in [0.1, 0.15) is 5.75 Å². The second kappa shape index (κ2) is 8.73. The fraction of sp³-hybridized carbons (Fsp3) is 0.471. The van der Waals surface area contributed by atoms with Crippen molar-refractivity contribution in [2.24, 2.45) is 5.92 Å². The first kappa shape index (κ1) is 18.3. The minimum atomic E-state index is -0.0398. The summed E-state index contributed by atoms with van der Waals surface area (Å²) in [5.74, 6) is 1.83. The van der Waals surface area contributed by atoms with Crippen LogP contribution in [-0.2, 0) is 4.79 Å². The van der Waals surface area contributed by atoms with Gasteiger partial charge in [-0.15, -0.1) is 10.2 Å². The van der Waals surface area contributed by atoms with Gasteiger partial charge in [0, 0.05) is 11.6 Å². The lowest BCUT2D eigenvalue weighted by Gasteiger charge is -2.16. The Morgan fingerprint density at radius 3 is 2.58 bits per heavy atom. The van der Waals surface area contributed by atoms with E-state index < -0.39 is 0 Å². The molecule has 0 aliphatic heterocycles. The van der Waals surface area contributed by atoms with Gasteiger partial charge >= 0.3 is 0 Å². The maximum Gasteiger partial charge on any atom is 0.277 e. The molecule has 0 aliphatic rings. The van der Waals surface area contributed by atoms with Crippen LogP contribution in [0.4, 0.5) is 0 Å². The second-order valence-electron chi connectivity index (χ2n) is 5.72. The van der Waals surface area contributed by atoms with Crippen molar-refractivity contribution in [2.45, 2.75) is 39.0 Å². The van der Waals surface area contributed by atoms with Gasteiger partial charge in [0.15, 0.2) is 0 Å². The number of benzene rings is 1. The van der Waals surface area contributed by atoms with Gasteiger partial charge in [0.25, 0.3) is 5.22 Å². The number of hydrogen-bond donors (Lipinski definition) is 1. The summed E-state index contributed by atoms with van der Waals surface area (Å²) in [5.41, 5.74) is 0.815. The Balaban J connectivity index is 1.90. The van der Waals surface area contributed by atoms with E-state index in [2.05, 4.69) is 29.4 Å². The third kappa shape index (κ3) is 5.26. The standard InChI is InChI=1S/C17H23N3O3S/c1-5-22-14-8-6-13(7-9-14)16-19-20-17(23-16)24-10-15(21)18-12(4)11(2)3/h6-9,11-12H,5,10H2,1-4H3,(H,18,21)/t12-/m0/s1. The molecule has 1 atom stereocenters. The highest BCUT2D eigenvalue weighted by Gasteiger charge is 2.14. The molecule has 1 amide bonds. The molecule has 0 saturated carbocycles. The number of carbonyl (C=O) groups is 1. The van der Waals surface area contributed by atoms with Crippen LogP contribution >= 0.6 is 11.8 Å². The maximum absolute atomic E-state index is 11.9. The predicted molar refractivity (Wildman–Crippen MR) is 94.1 cm³/mol. The number of aromatic nitrogens is 2. The molecule has 1 aromatic carbocycles. The molecule has 1 N–H and O–H groups in total. The van der Waals surface area contributed by atoms with E-state index in [0.717, 1.165) is 11.3 Å². The van der Waals surface area contributed by atoms with Crippen molar-refractivity contribution >= 4 is 17.7 Å². The third-order valence-electron chi connectivity index (χ3n) is 3.53. The summed E-state index contributed by atoms with van der Waals surface area (Å²) >= 11 is 1.23. The molecule has 0 spiro atoms. The Kier molecular flexibility index (Phi) is 6.66. The number of carbonyl (C=O) groups excluding carboxylic acids is 1. The number of amides is 1. The highest BCUT2D eigenvalue weighted by molar-refractivity contribution is 7.99. The van der Waals surface area contributed by atoms with Crippen LogP contribution < -0.4 is 10.1 Å². The highest BCUT2D eigenvalue weighted by Crippen LogP contribution is 2.24. The van der Waals surface area contributed by atoms with E-state index in [1.54, 1.807) is 0 Å². The molecule has 0 bridgehead atoms. The fourth-order valence-electron chi connectivity index (χ4n) is 1.83. The molecule has 2 aromatic rings. The van der Waals surface area contributed by atoms with Gasteiger partial charge in [-0.1, -0.05) is 25.6 Å². The Labute approximate surface area is 146 Å². The van der Waals surface area contributed by atoms with Crippen molar-refractivity contribution in [1.82, 2.24) is 15.5 Å². The van der Waals surface area contributed by atoms with Crippen LogP contribution in [0.3, 0.4) is 0 Å². The van der Waals surface area contributed by atoms with Crippen molar-refractivity contribution in [3.05, 3.63) is 24.3 Å². The molecule has 0 aliphatic carbocycles. The van der Waals surface area contributed by atoms with Crippen LogP contribution in [0.15, 0.2) is 33.9 Å². The molecule has 0 radical (unpaired) electrons. The Bertz CT molecular complexity index is 655. The lowest BCUT2D eigenvalue weighted by molar-refractivity contribution is -0.119. The van der Waals surface area contributed by atoms with Crippen LogP contribution in [0.1, 0.15) is 27.7 Å². The van der Waals surface area contributed by atoms with Gasteiger partial charge in [-0.05, 0) is 44.0 Å². The average Bonchev–Trinajstić information content (AvgIpc) is 3.03. The van der Waals surface area contributed by atoms with Crippen LogP contribution in [0, 0.1) is 5.92 Å². The zero-order chi connectivity index (χ0) is 17.5. The molecule has 7 heteroatoms. The van der Waals surface area contributed by atoms with Crippen molar-refractivity contribution < 1.29 is 13.9 Å². The number of nitrogens with zero attached hydrogens (tertiary/aromatic N) is 2. The maximum atomic E-state index is 11.9. The SMILES string of the molecule is CCOc1ccc(-c2nnc(SCC(=O)N[C@@H](C)C(C)C)o2)cc1. The fourth-order valence-corrected chi connectivity index (χ4v) is 2.41. The van der Waals surface area contributed by atoms with E-state index >= 15 is 0 Å². The zero-order valence-electron chi connectivity index (χ0n) is 14.4. The van der Waals surface area contributed by atoms with Crippen molar-refractivity contribution in [3.8, 4) is 17.2 Å². The Hall–Kier alpha value is -2.02. The highest BCUT2D eigenvalue weighted by atomic mass is 32.2. The lowest BCUT2D eigenvalue weighted by atomic mass is 10.1. The number of hydrogen-bond acceptors (Lipinski definition) is 6. The van der Waals surface area contributed by atoms with Crippen molar-refractivity contribution in [3.63, 3.8) is 0 Å². The summed E-state index contributed by atoms with van der Waals surface area (Å²) in [4.78, 5) is 11.9. The minimum Gasteiger partial charge on any atom is -0.494 e. The molecule has 6 nitrogen and oxygen atoms in total. The molecule has 1 aromatic heterocycles. The molecule has 2 rings (SSSR count). The largest absolute Gasteiger partial charge is 0.494 e. The minimum absolute atomic E-state index is 0.0398. The van der Waals surface area contributed by atoms with E-state index in [1.165, 1.54) is 11.8 Å². The van der Waals surface area contributed by atoms with E-state index in [9.17, 15) is 4.79 Å². The summed E-state index contributed by atoms with van der Waals surface area (Å²) in [6.45, 7) is 8.69. The van der Waals surface area contributed by atoms with Crippen molar-refractivity contribution in [1.29, 1.82) is 0 Å². The lowest BCUT2D eigenvalue weighted by Crippen LogP contribution is -2.37. The molecule has 130 valence electrons. The summed E-state index contributed by atoms with van der Waals surface area (Å²) in [6, 6.07) is 7.58. The Morgan fingerprint density at radius 1 is 1.25 bits per heavy atom. The van der Waals surface area contributed by atoms with Gasteiger partial charge in [0.05, 0.1) is 12.4 Å². The third-order valence-corrected chi connectivity index (χ3v) is 4.35. The van der Waals surface area contributed by atoms with Crippen LogP contribution in [0.25, 0.3) is 11.5 Å². The number of nitrogens with one attached hydrogen (secondary N) is 1. The van der Waals surface area contributed by atoms with E-state index in [1.807, 2.05) is 38.1 Å². The number of ether oxygens (including phenoxy) is 1. The quantitative estimate of drug-likeness (QED) is 0.736. The molecule has 0 saturated heterocycles. The summed E-state index contributed by atoms with van der Waals surface area (Å²) < 4.78 is 11.0. The zero-order valence-corrected chi connectivity index (χ0v) is 15.2. The second-order valence-corrected chi connectivity index (χ2v) is 6.65. The first-order chi connectivity index (χ1) is 11.5. The summed E-state index contributed by atoms with van der Waals surface area (Å²) in [7, 11) is 0. The first-order valence-corrected chi connectivity index (χ1v) is 8.97. The molecule has 24 heavy (non-hydrogen) atoms. The summed E-state index contributed by atoms with van der Waals surface area (Å²) in [5, 5.41) is 11.3. The monoisotopic (exact) mass is 349 g/mol. The van der Waals surface area contributed by atoms with E-state index in [4.69, 9.17) is 9.15 Å². The van der Waals surface area contributed by atoms with Crippen LogP contribution in [-0.4, -0.2) is 34.5 Å². The van der Waals surface area contributed by atoms with Gasteiger partial charge in [-0.3, -0.25) is 4.79 Å². The van der Waals surface area contributed by atoms with Gasteiger partial charge in [-0.25, -0.2) is 0 Å². The Morgan fingerprint density at radius 2 is 1.96 bits per heavy atom.